The van der Waals surface area contributed by atoms with E-state index < -0.39 is 0 Å². The van der Waals surface area contributed by atoms with Gasteiger partial charge in [0.05, 0.1) is 0 Å². The molecule has 0 aliphatic carbocycles. The Balaban J connectivity index is 1.60. The fourth-order valence-electron chi connectivity index (χ4n) is 2.89. The number of aromatic nitrogens is 2. The Bertz CT molecular complexity index is 629. The van der Waals surface area contributed by atoms with Crippen molar-refractivity contribution in [2.45, 2.75) is 13.8 Å². The SMILES string of the molecule is CC(C)CN1CCN(C(=O)c2ccc(-c3ncon3)cc2)CC1. The molecular weight excluding hydrogens is 292 g/mol. The number of carbonyl (C=O) groups is 1. The average molecular weight is 314 g/mol. The van der Waals surface area contributed by atoms with E-state index in [0.29, 0.717) is 17.3 Å². The van der Waals surface area contributed by atoms with E-state index in [0.717, 1.165) is 38.3 Å². The van der Waals surface area contributed by atoms with Crippen LogP contribution in [0.5, 0.6) is 0 Å². The zero-order chi connectivity index (χ0) is 16.2. The fourth-order valence-corrected chi connectivity index (χ4v) is 2.89. The molecule has 2 heterocycles. The molecule has 0 saturated carbocycles. The third kappa shape index (κ3) is 3.76. The van der Waals surface area contributed by atoms with E-state index in [1.165, 1.54) is 6.39 Å². The standard InChI is InChI=1S/C17H22N4O2/c1-13(2)11-20-7-9-21(10-8-20)17(22)15-5-3-14(4-6-15)16-18-12-23-19-16/h3-6,12-13H,7-11H2,1-2H3. The molecule has 1 aliphatic rings. The van der Waals surface area contributed by atoms with Gasteiger partial charge in [-0.1, -0.05) is 31.1 Å². The van der Waals surface area contributed by atoms with Crippen LogP contribution in [0.2, 0.25) is 0 Å². The van der Waals surface area contributed by atoms with Gasteiger partial charge in [-0.15, -0.1) is 0 Å². The Kier molecular flexibility index (Phi) is 4.71. The van der Waals surface area contributed by atoms with Gasteiger partial charge in [-0.3, -0.25) is 9.69 Å². The summed E-state index contributed by atoms with van der Waals surface area (Å²) in [6.45, 7) is 9.03. The van der Waals surface area contributed by atoms with Gasteiger partial charge in [-0.05, 0) is 18.1 Å². The van der Waals surface area contributed by atoms with E-state index in [-0.39, 0.29) is 5.91 Å². The van der Waals surface area contributed by atoms with Crippen LogP contribution in [-0.2, 0) is 0 Å². The van der Waals surface area contributed by atoms with Crippen LogP contribution in [0.3, 0.4) is 0 Å². The lowest BCUT2D eigenvalue weighted by Crippen LogP contribution is -2.49. The van der Waals surface area contributed by atoms with Gasteiger partial charge in [0.1, 0.15) is 0 Å². The van der Waals surface area contributed by atoms with Gasteiger partial charge in [-0.2, -0.15) is 4.98 Å². The number of carbonyl (C=O) groups excluding carboxylic acids is 1. The molecule has 2 aromatic rings. The maximum Gasteiger partial charge on any atom is 0.253 e. The van der Waals surface area contributed by atoms with Crippen molar-refractivity contribution in [3.8, 4) is 11.4 Å². The first-order valence-electron chi connectivity index (χ1n) is 8.02. The van der Waals surface area contributed by atoms with E-state index in [1.807, 2.05) is 29.2 Å². The number of amides is 1. The number of benzene rings is 1. The largest absolute Gasteiger partial charge is 0.342 e. The Morgan fingerprint density at radius 2 is 1.87 bits per heavy atom. The molecule has 1 aromatic heterocycles. The molecule has 0 radical (unpaired) electrons. The number of hydrogen-bond donors (Lipinski definition) is 0. The molecule has 3 rings (SSSR count). The second-order valence-corrected chi connectivity index (χ2v) is 6.32. The number of hydrogen-bond acceptors (Lipinski definition) is 5. The molecule has 0 bridgehead atoms. The Labute approximate surface area is 136 Å². The predicted molar refractivity (Wildman–Crippen MR) is 86.9 cm³/mol. The van der Waals surface area contributed by atoms with Crippen molar-refractivity contribution >= 4 is 5.91 Å². The molecular formula is C17H22N4O2. The van der Waals surface area contributed by atoms with E-state index in [1.54, 1.807) is 0 Å². The van der Waals surface area contributed by atoms with E-state index in [2.05, 4.69) is 28.9 Å². The summed E-state index contributed by atoms with van der Waals surface area (Å²) in [6, 6.07) is 7.36. The minimum absolute atomic E-state index is 0.0915. The van der Waals surface area contributed by atoms with Gasteiger partial charge in [0, 0.05) is 43.9 Å². The highest BCUT2D eigenvalue weighted by Crippen LogP contribution is 2.17. The van der Waals surface area contributed by atoms with Crippen molar-refractivity contribution in [2.24, 2.45) is 5.92 Å². The summed E-state index contributed by atoms with van der Waals surface area (Å²) in [5.74, 6) is 1.29. The van der Waals surface area contributed by atoms with Crippen molar-refractivity contribution in [2.75, 3.05) is 32.7 Å². The average Bonchev–Trinajstić information content (AvgIpc) is 3.09. The molecule has 6 heteroatoms. The minimum Gasteiger partial charge on any atom is -0.342 e. The van der Waals surface area contributed by atoms with E-state index in [9.17, 15) is 4.79 Å². The first kappa shape index (κ1) is 15.7. The van der Waals surface area contributed by atoms with Gasteiger partial charge in [0.15, 0.2) is 0 Å². The van der Waals surface area contributed by atoms with Crippen LogP contribution < -0.4 is 0 Å². The zero-order valence-corrected chi connectivity index (χ0v) is 13.6. The van der Waals surface area contributed by atoms with Crippen LogP contribution in [0.4, 0.5) is 0 Å². The Morgan fingerprint density at radius 1 is 1.17 bits per heavy atom. The van der Waals surface area contributed by atoms with Crippen LogP contribution in [0.15, 0.2) is 35.2 Å². The summed E-state index contributed by atoms with van der Waals surface area (Å²) in [5.41, 5.74) is 1.55. The van der Waals surface area contributed by atoms with E-state index in [4.69, 9.17) is 4.52 Å². The molecule has 0 N–H and O–H groups in total. The summed E-state index contributed by atoms with van der Waals surface area (Å²) in [5, 5.41) is 3.80. The number of rotatable bonds is 4. The lowest BCUT2D eigenvalue weighted by atomic mass is 10.1. The Hall–Kier alpha value is -2.21. The third-order valence-corrected chi connectivity index (χ3v) is 4.03. The van der Waals surface area contributed by atoms with Gasteiger partial charge >= 0.3 is 0 Å². The smallest absolute Gasteiger partial charge is 0.253 e. The van der Waals surface area contributed by atoms with E-state index >= 15 is 0 Å². The third-order valence-electron chi connectivity index (χ3n) is 4.03. The minimum atomic E-state index is 0.0915. The van der Waals surface area contributed by atoms with Gasteiger partial charge in [0.2, 0.25) is 12.2 Å². The zero-order valence-electron chi connectivity index (χ0n) is 13.6. The second-order valence-electron chi connectivity index (χ2n) is 6.32. The van der Waals surface area contributed by atoms with Crippen molar-refractivity contribution in [3.63, 3.8) is 0 Å². The molecule has 122 valence electrons. The molecule has 0 unspecified atom stereocenters. The van der Waals surface area contributed by atoms with Gasteiger partial charge in [-0.25, -0.2) is 0 Å². The maximum absolute atomic E-state index is 12.6. The van der Waals surface area contributed by atoms with Crippen molar-refractivity contribution in [1.29, 1.82) is 0 Å². The number of nitrogens with zero attached hydrogens (tertiary/aromatic N) is 4. The summed E-state index contributed by atoms with van der Waals surface area (Å²) < 4.78 is 4.74. The topological polar surface area (TPSA) is 62.5 Å². The van der Waals surface area contributed by atoms with Crippen LogP contribution in [0, 0.1) is 5.92 Å². The predicted octanol–water partition coefficient (Wildman–Crippen LogP) is 2.15. The summed E-state index contributed by atoms with van der Waals surface area (Å²) in [6.07, 6.45) is 1.30. The molecule has 1 saturated heterocycles. The molecule has 6 nitrogen and oxygen atoms in total. The molecule has 1 fully saturated rings. The first-order valence-corrected chi connectivity index (χ1v) is 8.02. The Morgan fingerprint density at radius 3 is 2.43 bits per heavy atom. The number of piperazine rings is 1. The van der Waals surface area contributed by atoms with Crippen LogP contribution >= 0.6 is 0 Å². The van der Waals surface area contributed by atoms with Gasteiger partial charge in [0.25, 0.3) is 5.91 Å². The molecule has 1 aromatic carbocycles. The monoisotopic (exact) mass is 314 g/mol. The van der Waals surface area contributed by atoms with Crippen LogP contribution in [0.1, 0.15) is 24.2 Å². The molecule has 23 heavy (non-hydrogen) atoms. The first-order chi connectivity index (χ1) is 11.1. The molecule has 0 spiro atoms. The second kappa shape index (κ2) is 6.91. The van der Waals surface area contributed by atoms with Crippen LogP contribution in [0.25, 0.3) is 11.4 Å². The highest BCUT2D eigenvalue weighted by molar-refractivity contribution is 5.94. The normalized spacial score (nSPS) is 16.0. The lowest BCUT2D eigenvalue weighted by molar-refractivity contribution is 0.0624. The molecule has 1 aliphatic heterocycles. The lowest BCUT2D eigenvalue weighted by Gasteiger charge is -2.35. The van der Waals surface area contributed by atoms with Crippen molar-refractivity contribution in [3.05, 3.63) is 36.2 Å². The highest BCUT2D eigenvalue weighted by Gasteiger charge is 2.22. The molecule has 1 amide bonds. The van der Waals surface area contributed by atoms with Gasteiger partial charge < -0.3 is 9.42 Å². The van der Waals surface area contributed by atoms with Crippen molar-refractivity contribution in [1.82, 2.24) is 19.9 Å². The maximum atomic E-state index is 12.6. The fraction of sp³-hybridized carbons (Fsp3) is 0.471. The summed E-state index contributed by atoms with van der Waals surface area (Å²) in [4.78, 5) is 20.9. The summed E-state index contributed by atoms with van der Waals surface area (Å²) >= 11 is 0. The molecule has 0 atom stereocenters. The summed E-state index contributed by atoms with van der Waals surface area (Å²) in [7, 11) is 0. The van der Waals surface area contributed by atoms with Crippen LogP contribution in [-0.4, -0.2) is 58.6 Å². The quantitative estimate of drug-likeness (QED) is 0.865. The highest BCUT2D eigenvalue weighted by atomic mass is 16.5. The van der Waals surface area contributed by atoms with Crippen molar-refractivity contribution < 1.29 is 9.32 Å².